The van der Waals surface area contributed by atoms with Crippen LogP contribution in [-0.2, 0) is 13.0 Å². The number of unbranched alkanes of at least 4 members (excludes halogenated alkanes) is 1. The molecule has 0 unspecified atom stereocenters. The Morgan fingerprint density at radius 3 is 2.57 bits per heavy atom. The third kappa shape index (κ3) is 2.47. The summed E-state index contributed by atoms with van der Waals surface area (Å²) in [6.07, 6.45) is 3.42. The predicted molar refractivity (Wildman–Crippen MR) is 58.5 cm³/mol. The van der Waals surface area contributed by atoms with Gasteiger partial charge in [0.2, 0.25) is 5.95 Å². The largest absolute Gasteiger partial charge is 0.355 e. The molecule has 1 heterocycles. The molecule has 0 atom stereocenters. The highest BCUT2D eigenvalue weighted by atomic mass is 15.3. The Balaban J connectivity index is 2.73. The number of anilines is 1. The second kappa shape index (κ2) is 5.62. The Bertz CT molecular complexity index is 267. The minimum atomic E-state index is 0.895. The second-order valence-electron chi connectivity index (χ2n) is 3.32. The highest BCUT2D eigenvalue weighted by Crippen LogP contribution is 2.09. The molecule has 0 aliphatic carbocycles. The molecule has 0 radical (unpaired) electrons. The molecular weight excluding hydrogens is 176 g/mol. The van der Waals surface area contributed by atoms with Crippen molar-refractivity contribution < 1.29 is 0 Å². The number of nitrogens with zero attached hydrogens (tertiary/aromatic N) is 3. The minimum absolute atomic E-state index is 0.895. The van der Waals surface area contributed by atoms with Crippen molar-refractivity contribution in [3.05, 3.63) is 5.82 Å². The molecule has 0 aliphatic rings. The van der Waals surface area contributed by atoms with Crippen molar-refractivity contribution in [3.8, 4) is 0 Å². The summed E-state index contributed by atoms with van der Waals surface area (Å²) in [7, 11) is 0. The highest BCUT2D eigenvalue weighted by Gasteiger charge is 2.08. The van der Waals surface area contributed by atoms with Gasteiger partial charge in [-0.25, -0.2) is 0 Å². The van der Waals surface area contributed by atoms with Crippen molar-refractivity contribution in [1.29, 1.82) is 0 Å². The van der Waals surface area contributed by atoms with Crippen LogP contribution in [0.15, 0.2) is 0 Å². The molecule has 0 spiro atoms. The summed E-state index contributed by atoms with van der Waals surface area (Å²) < 4.78 is 2.15. The van der Waals surface area contributed by atoms with E-state index in [0.717, 1.165) is 31.3 Å². The lowest BCUT2D eigenvalue weighted by Gasteiger charge is -2.07. The average molecular weight is 196 g/mol. The smallest absolute Gasteiger partial charge is 0.224 e. The van der Waals surface area contributed by atoms with Crippen molar-refractivity contribution in [3.63, 3.8) is 0 Å². The van der Waals surface area contributed by atoms with Crippen molar-refractivity contribution in [2.75, 3.05) is 11.9 Å². The molecule has 1 aromatic rings. The van der Waals surface area contributed by atoms with Crippen LogP contribution in [0.5, 0.6) is 0 Å². The van der Waals surface area contributed by atoms with Crippen molar-refractivity contribution >= 4 is 5.95 Å². The molecule has 0 saturated heterocycles. The zero-order valence-corrected chi connectivity index (χ0v) is 9.38. The third-order valence-electron chi connectivity index (χ3n) is 2.23. The summed E-state index contributed by atoms with van der Waals surface area (Å²) in [5.74, 6) is 2.01. The molecule has 0 saturated carbocycles. The Kier molecular flexibility index (Phi) is 4.43. The van der Waals surface area contributed by atoms with Crippen LogP contribution >= 0.6 is 0 Å². The predicted octanol–water partition coefficient (Wildman–Crippen LogP) is 2.07. The van der Waals surface area contributed by atoms with Crippen LogP contribution in [0.2, 0.25) is 0 Å². The molecule has 0 fully saturated rings. The Morgan fingerprint density at radius 2 is 2.00 bits per heavy atom. The molecule has 0 amide bonds. The lowest BCUT2D eigenvalue weighted by atomic mass is 10.2. The molecule has 1 aromatic heterocycles. The van der Waals surface area contributed by atoms with E-state index in [9.17, 15) is 0 Å². The molecule has 80 valence electrons. The van der Waals surface area contributed by atoms with Gasteiger partial charge in [0.25, 0.3) is 0 Å². The highest BCUT2D eigenvalue weighted by molar-refractivity contribution is 5.25. The summed E-state index contributed by atoms with van der Waals surface area (Å²) in [5.41, 5.74) is 0. The van der Waals surface area contributed by atoms with Gasteiger partial charge >= 0.3 is 0 Å². The molecule has 1 N–H and O–H groups in total. The van der Waals surface area contributed by atoms with Crippen LogP contribution in [0.4, 0.5) is 5.95 Å². The SMILES string of the molecule is CCCCc1nnc(NCC)n1CC. The van der Waals surface area contributed by atoms with Gasteiger partial charge in [-0.1, -0.05) is 13.3 Å². The molecule has 0 aliphatic heterocycles. The number of aromatic nitrogens is 3. The zero-order valence-electron chi connectivity index (χ0n) is 9.38. The van der Waals surface area contributed by atoms with E-state index in [4.69, 9.17) is 0 Å². The summed E-state index contributed by atoms with van der Waals surface area (Å²) in [5, 5.41) is 11.5. The van der Waals surface area contributed by atoms with Gasteiger partial charge in [0.15, 0.2) is 0 Å². The van der Waals surface area contributed by atoms with E-state index < -0.39 is 0 Å². The van der Waals surface area contributed by atoms with Gasteiger partial charge in [-0.05, 0) is 20.3 Å². The lowest BCUT2D eigenvalue weighted by Crippen LogP contribution is -2.08. The summed E-state index contributed by atoms with van der Waals surface area (Å²) in [6.45, 7) is 8.22. The van der Waals surface area contributed by atoms with Crippen LogP contribution < -0.4 is 5.32 Å². The number of aryl methyl sites for hydroxylation is 1. The Morgan fingerprint density at radius 1 is 1.21 bits per heavy atom. The van der Waals surface area contributed by atoms with Gasteiger partial charge in [-0.2, -0.15) is 0 Å². The first kappa shape index (κ1) is 11.0. The van der Waals surface area contributed by atoms with Crippen molar-refractivity contribution in [2.45, 2.75) is 46.6 Å². The summed E-state index contributed by atoms with van der Waals surface area (Å²) >= 11 is 0. The van der Waals surface area contributed by atoms with E-state index in [1.54, 1.807) is 0 Å². The van der Waals surface area contributed by atoms with Gasteiger partial charge < -0.3 is 5.32 Å². The van der Waals surface area contributed by atoms with Gasteiger partial charge in [0.05, 0.1) is 0 Å². The third-order valence-corrected chi connectivity index (χ3v) is 2.23. The van der Waals surface area contributed by atoms with E-state index in [2.05, 4.69) is 40.9 Å². The van der Waals surface area contributed by atoms with E-state index in [0.29, 0.717) is 0 Å². The second-order valence-corrected chi connectivity index (χ2v) is 3.32. The minimum Gasteiger partial charge on any atom is -0.355 e. The van der Waals surface area contributed by atoms with E-state index in [-0.39, 0.29) is 0 Å². The molecule has 0 bridgehead atoms. The van der Waals surface area contributed by atoms with Gasteiger partial charge in [-0.15, -0.1) is 10.2 Å². The first-order chi connectivity index (χ1) is 6.83. The van der Waals surface area contributed by atoms with Gasteiger partial charge in [0.1, 0.15) is 5.82 Å². The maximum absolute atomic E-state index is 4.19. The van der Waals surface area contributed by atoms with Gasteiger partial charge in [-0.3, -0.25) is 4.57 Å². The van der Waals surface area contributed by atoms with Crippen LogP contribution in [0.3, 0.4) is 0 Å². The molecule has 0 aromatic carbocycles. The first-order valence-corrected chi connectivity index (χ1v) is 5.49. The maximum atomic E-state index is 4.19. The molecule has 4 nitrogen and oxygen atoms in total. The summed E-state index contributed by atoms with van der Waals surface area (Å²) in [6, 6.07) is 0. The van der Waals surface area contributed by atoms with Crippen LogP contribution in [0, 0.1) is 0 Å². The lowest BCUT2D eigenvalue weighted by molar-refractivity contribution is 0.665. The van der Waals surface area contributed by atoms with Crippen molar-refractivity contribution in [1.82, 2.24) is 14.8 Å². The summed E-state index contributed by atoms with van der Waals surface area (Å²) in [4.78, 5) is 0. The quantitative estimate of drug-likeness (QED) is 0.757. The number of hydrogen-bond donors (Lipinski definition) is 1. The first-order valence-electron chi connectivity index (χ1n) is 5.49. The van der Waals surface area contributed by atoms with Crippen LogP contribution in [-0.4, -0.2) is 21.3 Å². The monoisotopic (exact) mass is 196 g/mol. The fourth-order valence-electron chi connectivity index (χ4n) is 1.48. The van der Waals surface area contributed by atoms with E-state index >= 15 is 0 Å². The fourth-order valence-corrected chi connectivity index (χ4v) is 1.48. The van der Waals surface area contributed by atoms with E-state index in [1.165, 1.54) is 12.8 Å². The standard InChI is InChI=1S/C10H20N4/c1-4-7-8-9-12-13-10(11-5-2)14(9)6-3/h4-8H2,1-3H3,(H,11,13). The van der Waals surface area contributed by atoms with Crippen molar-refractivity contribution in [2.24, 2.45) is 0 Å². The van der Waals surface area contributed by atoms with Gasteiger partial charge in [0, 0.05) is 19.5 Å². The fraction of sp³-hybridized carbons (Fsp3) is 0.800. The van der Waals surface area contributed by atoms with Crippen LogP contribution in [0.25, 0.3) is 0 Å². The molecule has 4 heteroatoms. The Hall–Kier alpha value is -1.06. The number of hydrogen-bond acceptors (Lipinski definition) is 3. The van der Waals surface area contributed by atoms with Crippen LogP contribution in [0.1, 0.15) is 39.4 Å². The topological polar surface area (TPSA) is 42.7 Å². The maximum Gasteiger partial charge on any atom is 0.224 e. The molecule has 14 heavy (non-hydrogen) atoms. The normalized spacial score (nSPS) is 10.5. The molecular formula is C10H20N4. The zero-order chi connectivity index (χ0) is 10.4. The van der Waals surface area contributed by atoms with E-state index in [1.807, 2.05) is 0 Å². The number of nitrogens with one attached hydrogen (secondary N) is 1. The average Bonchev–Trinajstić information content (AvgIpc) is 2.58. The molecule has 1 rings (SSSR count). The Labute approximate surface area is 85.7 Å². The number of rotatable bonds is 6.